The molecule has 2 amide bonds. The first-order chi connectivity index (χ1) is 10.2. The van der Waals surface area contributed by atoms with E-state index in [0.29, 0.717) is 6.54 Å². The summed E-state index contributed by atoms with van der Waals surface area (Å²) in [5.41, 5.74) is 6.46. The number of nitrogens with one attached hydrogen (secondary N) is 2. The number of benzene rings is 2. The molecule has 0 atom stereocenters. The smallest absolute Gasteiger partial charge is 0.319 e. The summed E-state index contributed by atoms with van der Waals surface area (Å²) in [4.78, 5) is 12.3. The van der Waals surface area contributed by atoms with Crippen molar-refractivity contribution in [3.05, 3.63) is 42.5 Å². The first-order valence-electron chi connectivity index (χ1n) is 7.49. The second kappa shape index (κ2) is 5.74. The second-order valence-corrected chi connectivity index (χ2v) is 5.80. The zero-order valence-electron chi connectivity index (χ0n) is 12.1. The van der Waals surface area contributed by atoms with E-state index in [0.717, 1.165) is 42.1 Å². The van der Waals surface area contributed by atoms with E-state index in [-0.39, 0.29) is 11.6 Å². The number of fused-ring (bicyclic) bond motifs is 1. The molecule has 1 aliphatic carbocycles. The van der Waals surface area contributed by atoms with Crippen molar-refractivity contribution in [3.8, 4) is 0 Å². The first kappa shape index (κ1) is 13.9. The van der Waals surface area contributed by atoms with Crippen LogP contribution in [0.25, 0.3) is 10.8 Å². The van der Waals surface area contributed by atoms with Crippen molar-refractivity contribution in [1.29, 1.82) is 0 Å². The number of carbonyl (C=O) groups is 1. The highest BCUT2D eigenvalue weighted by Crippen LogP contribution is 2.29. The van der Waals surface area contributed by atoms with E-state index in [1.165, 1.54) is 0 Å². The maximum atomic E-state index is 12.3. The molecule has 110 valence electrons. The van der Waals surface area contributed by atoms with Crippen molar-refractivity contribution in [1.82, 2.24) is 5.32 Å². The molecule has 2 aromatic rings. The fourth-order valence-corrected chi connectivity index (χ4v) is 3.16. The van der Waals surface area contributed by atoms with E-state index in [9.17, 15) is 4.79 Å². The van der Waals surface area contributed by atoms with E-state index in [4.69, 9.17) is 5.73 Å². The summed E-state index contributed by atoms with van der Waals surface area (Å²) in [5.74, 6) is 0. The van der Waals surface area contributed by atoms with Gasteiger partial charge in [0, 0.05) is 11.9 Å². The molecule has 0 heterocycles. The van der Waals surface area contributed by atoms with Gasteiger partial charge in [-0.05, 0) is 24.3 Å². The number of hydrogen-bond acceptors (Lipinski definition) is 2. The summed E-state index contributed by atoms with van der Waals surface area (Å²) in [7, 11) is 0. The minimum Gasteiger partial charge on any atom is -0.331 e. The lowest BCUT2D eigenvalue weighted by Crippen LogP contribution is -2.53. The van der Waals surface area contributed by atoms with Crippen LogP contribution in [0.1, 0.15) is 25.7 Å². The predicted octanol–water partition coefficient (Wildman–Crippen LogP) is 3.23. The van der Waals surface area contributed by atoms with Crippen molar-refractivity contribution in [2.24, 2.45) is 5.73 Å². The molecule has 4 N–H and O–H groups in total. The number of anilines is 1. The van der Waals surface area contributed by atoms with Gasteiger partial charge in [-0.3, -0.25) is 0 Å². The van der Waals surface area contributed by atoms with Crippen molar-refractivity contribution < 1.29 is 4.79 Å². The van der Waals surface area contributed by atoms with Gasteiger partial charge in [-0.15, -0.1) is 0 Å². The molecule has 0 saturated heterocycles. The van der Waals surface area contributed by atoms with Gasteiger partial charge in [-0.2, -0.15) is 0 Å². The Morgan fingerprint density at radius 1 is 1.10 bits per heavy atom. The third-order valence-corrected chi connectivity index (χ3v) is 4.37. The van der Waals surface area contributed by atoms with Gasteiger partial charge in [-0.1, -0.05) is 49.2 Å². The SMILES string of the molecule is NCC1(NC(=O)Nc2cccc3ccccc23)CCCC1. The lowest BCUT2D eigenvalue weighted by molar-refractivity contribution is 0.237. The quantitative estimate of drug-likeness (QED) is 0.809. The minimum absolute atomic E-state index is 0.168. The van der Waals surface area contributed by atoms with Crippen LogP contribution < -0.4 is 16.4 Å². The zero-order valence-corrected chi connectivity index (χ0v) is 12.1. The topological polar surface area (TPSA) is 67.1 Å². The highest BCUT2D eigenvalue weighted by molar-refractivity contribution is 6.01. The third-order valence-electron chi connectivity index (χ3n) is 4.37. The lowest BCUT2D eigenvalue weighted by atomic mass is 9.98. The average molecular weight is 283 g/mol. The minimum atomic E-state index is -0.228. The fourth-order valence-electron chi connectivity index (χ4n) is 3.16. The predicted molar refractivity (Wildman–Crippen MR) is 86.4 cm³/mol. The Morgan fingerprint density at radius 2 is 1.81 bits per heavy atom. The Balaban J connectivity index is 1.77. The average Bonchev–Trinajstić information content (AvgIpc) is 2.96. The summed E-state index contributed by atoms with van der Waals surface area (Å²) >= 11 is 0. The van der Waals surface area contributed by atoms with Crippen LogP contribution in [-0.2, 0) is 0 Å². The van der Waals surface area contributed by atoms with E-state index in [1.807, 2.05) is 42.5 Å². The Labute approximate surface area is 124 Å². The number of amides is 2. The molecule has 4 heteroatoms. The molecule has 1 aliphatic rings. The summed E-state index contributed by atoms with van der Waals surface area (Å²) in [6.45, 7) is 0.496. The third kappa shape index (κ3) is 2.85. The molecule has 0 aliphatic heterocycles. The zero-order chi connectivity index (χ0) is 14.7. The van der Waals surface area contributed by atoms with E-state index in [1.54, 1.807) is 0 Å². The maximum Gasteiger partial charge on any atom is 0.319 e. The van der Waals surface area contributed by atoms with Crippen molar-refractivity contribution in [3.63, 3.8) is 0 Å². The van der Waals surface area contributed by atoms with Crippen LogP contribution in [-0.4, -0.2) is 18.1 Å². The molecule has 0 radical (unpaired) electrons. The molecule has 0 bridgehead atoms. The summed E-state index contributed by atoms with van der Waals surface area (Å²) in [5, 5.41) is 8.21. The molecular weight excluding hydrogens is 262 g/mol. The van der Waals surface area contributed by atoms with E-state index in [2.05, 4.69) is 10.6 Å². The van der Waals surface area contributed by atoms with Gasteiger partial charge in [0.25, 0.3) is 0 Å². The molecule has 21 heavy (non-hydrogen) atoms. The van der Waals surface area contributed by atoms with E-state index < -0.39 is 0 Å². The molecular formula is C17H21N3O. The number of hydrogen-bond donors (Lipinski definition) is 3. The van der Waals surface area contributed by atoms with Crippen LogP contribution in [0.3, 0.4) is 0 Å². The second-order valence-electron chi connectivity index (χ2n) is 5.80. The molecule has 3 rings (SSSR count). The monoisotopic (exact) mass is 283 g/mol. The van der Waals surface area contributed by atoms with Crippen LogP contribution in [0.5, 0.6) is 0 Å². The van der Waals surface area contributed by atoms with Gasteiger partial charge < -0.3 is 16.4 Å². The number of rotatable bonds is 3. The van der Waals surface area contributed by atoms with Crippen LogP contribution in [0.4, 0.5) is 10.5 Å². The van der Waals surface area contributed by atoms with Gasteiger partial charge in [0.1, 0.15) is 0 Å². The number of urea groups is 1. The number of nitrogens with two attached hydrogens (primary N) is 1. The van der Waals surface area contributed by atoms with Gasteiger partial charge in [0.15, 0.2) is 0 Å². The van der Waals surface area contributed by atoms with E-state index >= 15 is 0 Å². The Kier molecular flexibility index (Phi) is 3.80. The maximum absolute atomic E-state index is 12.3. The van der Waals surface area contributed by atoms with Crippen LogP contribution in [0.15, 0.2) is 42.5 Å². The highest BCUT2D eigenvalue weighted by Gasteiger charge is 2.33. The van der Waals surface area contributed by atoms with Gasteiger partial charge in [0.2, 0.25) is 0 Å². The number of carbonyl (C=O) groups excluding carboxylic acids is 1. The summed E-state index contributed by atoms with van der Waals surface area (Å²) in [6, 6.07) is 13.8. The molecule has 1 fully saturated rings. The van der Waals surface area contributed by atoms with Crippen LogP contribution in [0, 0.1) is 0 Å². The molecule has 1 saturated carbocycles. The first-order valence-corrected chi connectivity index (χ1v) is 7.49. The lowest BCUT2D eigenvalue weighted by Gasteiger charge is -2.28. The Hall–Kier alpha value is -2.07. The van der Waals surface area contributed by atoms with Gasteiger partial charge in [-0.25, -0.2) is 4.79 Å². The Morgan fingerprint density at radius 3 is 2.57 bits per heavy atom. The molecule has 0 spiro atoms. The van der Waals surface area contributed by atoms with Crippen molar-refractivity contribution in [2.75, 3.05) is 11.9 Å². The molecule has 0 aromatic heterocycles. The van der Waals surface area contributed by atoms with Crippen molar-refractivity contribution >= 4 is 22.5 Å². The standard InChI is InChI=1S/C17H21N3O/c18-12-17(10-3-4-11-17)20-16(21)19-15-9-5-7-13-6-1-2-8-14(13)15/h1-2,5-9H,3-4,10-12,18H2,(H2,19,20,21). The Bertz CT molecular complexity index is 642. The molecule has 0 unspecified atom stereocenters. The largest absolute Gasteiger partial charge is 0.331 e. The fraction of sp³-hybridized carbons (Fsp3) is 0.353. The molecule has 4 nitrogen and oxygen atoms in total. The summed E-state index contributed by atoms with van der Waals surface area (Å²) in [6.07, 6.45) is 4.19. The summed E-state index contributed by atoms with van der Waals surface area (Å²) < 4.78 is 0. The van der Waals surface area contributed by atoms with Crippen molar-refractivity contribution in [2.45, 2.75) is 31.2 Å². The molecule has 2 aromatic carbocycles. The highest BCUT2D eigenvalue weighted by atomic mass is 16.2. The van der Waals surface area contributed by atoms with Gasteiger partial charge >= 0.3 is 6.03 Å². The normalized spacial score (nSPS) is 16.8. The van der Waals surface area contributed by atoms with Crippen LogP contribution >= 0.6 is 0 Å². The van der Waals surface area contributed by atoms with Crippen LogP contribution in [0.2, 0.25) is 0 Å². The van der Waals surface area contributed by atoms with Gasteiger partial charge in [0.05, 0.1) is 11.2 Å².